The summed E-state index contributed by atoms with van der Waals surface area (Å²) in [5, 5.41) is 3.69. The van der Waals surface area contributed by atoms with Gasteiger partial charge < -0.3 is 10.1 Å². The summed E-state index contributed by atoms with van der Waals surface area (Å²) in [6.07, 6.45) is 5.14. The zero-order valence-electron chi connectivity index (χ0n) is 12.4. The molecule has 0 bridgehead atoms. The molecule has 0 aliphatic carbocycles. The number of rotatable bonds is 5. The van der Waals surface area contributed by atoms with Crippen molar-refractivity contribution in [1.29, 1.82) is 0 Å². The summed E-state index contributed by atoms with van der Waals surface area (Å²) < 4.78 is 5.62. The van der Waals surface area contributed by atoms with Crippen molar-refractivity contribution >= 4 is 11.8 Å². The molecule has 2 nitrogen and oxygen atoms in total. The largest absolute Gasteiger partial charge is 0.493 e. The van der Waals surface area contributed by atoms with Crippen LogP contribution in [-0.4, -0.2) is 24.7 Å². The smallest absolute Gasteiger partial charge is 0.122 e. The molecule has 1 saturated heterocycles. The maximum atomic E-state index is 5.62. The number of benzene rings is 1. The topological polar surface area (TPSA) is 21.3 Å². The lowest BCUT2D eigenvalue weighted by molar-refractivity contribution is 0.356. The summed E-state index contributed by atoms with van der Waals surface area (Å²) in [5.41, 5.74) is 2.85. The molecule has 3 rings (SSSR count). The number of hydrogen-bond acceptors (Lipinski definition) is 3. The number of ether oxygens (including phenoxy) is 1. The first-order chi connectivity index (χ1) is 9.86. The second-order valence-electron chi connectivity index (χ2n) is 5.87. The molecule has 2 aliphatic heterocycles. The van der Waals surface area contributed by atoms with Gasteiger partial charge in [-0.3, -0.25) is 0 Å². The van der Waals surface area contributed by atoms with Crippen LogP contribution >= 0.6 is 11.8 Å². The maximum absolute atomic E-state index is 5.62. The summed E-state index contributed by atoms with van der Waals surface area (Å²) in [7, 11) is 0. The second kappa shape index (κ2) is 6.86. The van der Waals surface area contributed by atoms with Gasteiger partial charge in [-0.25, -0.2) is 0 Å². The van der Waals surface area contributed by atoms with E-state index in [0.717, 1.165) is 31.2 Å². The molecule has 0 aromatic heterocycles. The van der Waals surface area contributed by atoms with Crippen molar-refractivity contribution < 1.29 is 4.74 Å². The fourth-order valence-corrected chi connectivity index (χ4v) is 4.53. The van der Waals surface area contributed by atoms with Gasteiger partial charge >= 0.3 is 0 Å². The summed E-state index contributed by atoms with van der Waals surface area (Å²) in [6, 6.07) is 7.31. The molecule has 2 heterocycles. The van der Waals surface area contributed by atoms with E-state index in [4.69, 9.17) is 4.74 Å². The van der Waals surface area contributed by atoms with Crippen LogP contribution in [-0.2, 0) is 6.42 Å². The first kappa shape index (κ1) is 14.3. The SMILES string of the molecule is CCNC(CC1CCSCC1)c1ccc2c(c1)CCO2. The van der Waals surface area contributed by atoms with Crippen molar-refractivity contribution in [3.63, 3.8) is 0 Å². The Morgan fingerprint density at radius 1 is 1.35 bits per heavy atom. The van der Waals surface area contributed by atoms with Crippen LogP contribution in [0.1, 0.15) is 43.4 Å². The van der Waals surface area contributed by atoms with Gasteiger partial charge in [-0.2, -0.15) is 11.8 Å². The maximum Gasteiger partial charge on any atom is 0.122 e. The highest BCUT2D eigenvalue weighted by molar-refractivity contribution is 7.99. The zero-order chi connectivity index (χ0) is 13.8. The van der Waals surface area contributed by atoms with Gasteiger partial charge in [-0.05, 0) is 60.4 Å². The third kappa shape index (κ3) is 3.32. The lowest BCUT2D eigenvalue weighted by Crippen LogP contribution is -2.25. The Morgan fingerprint density at radius 2 is 2.20 bits per heavy atom. The van der Waals surface area contributed by atoms with Gasteiger partial charge in [0.15, 0.2) is 0 Å². The van der Waals surface area contributed by atoms with Crippen molar-refractivity contribution in [3.05, 3.63) is 29.3 Å². The van der Waals surface area contributed by atoms with Crippen LogP contribution < -0.4 is 10.1 Å². The zero-order valence-corrected chi connectivity index (χ0v) is 13.2. The van der Waals surface area contributed by atoms with Crippen molar-refractivity contribution in [2.75, 3.05) is 24.7 Å². The predicted molar refractivity (Wildman–Crippen MR) is 86.7 cm³/mol. The van der Waals surface area contributed by atoms with Gasteiger partial charge in [0.05, 0.1) is 6.61 Å². The van der Waals surface area contributed by atoms with Crippen LogP contribution in [0.2, 0.25) is 0 Å². The Hall–Kier alpha value is -0.670. The normalized spacial score (nSPS) is 20.4. The fourth-order valence-electron chi connectivity index (χ4n) is 3.32. The average molecular weight is 291 g/mol. The minimum atomic E-state index is 0.513. The molecule has 0 radical (unpaired) electrons. The lowest BCUT2D eigenvalue weighted by atomic mass is 9.90. The molecule has 1 atom stereocenters. The molecule has 0 saturated carbocycles. The van der Waals surface area contributed by atoms with Crippen LogP contribution in [0.15, 0.2) is 18.2 Å². The van der Waals surface area contributed by atoms with Crippen molar-refractivity contribution in [3.8, 4) is 5.75 Å². The second-order valence-corrected chi connectivity index (χ2v) is 7.09. The quantitative estimate of drug-likeness (QED) is 0.891. The molecule has 0 spiro atoms. The summed E-state index contributed by atoms with van der Waals surface area (Å²) in [6.45, 7) is 4.10. The average Bonchev–Trinajstić information content (AvgIpc) is 2.95. The Balaban J connectivity index is 1.72. The Morgan fingerprint density at radius 3 is 3.00 bits per heavy atom. The molecule has 2 aliphatic rings. The van der Waals surface area contributed by atoms with Gasteiger partial charge in [-0.15, -0.1) is 0 Å². The summed E-state index contributed by atoms with van der Waals surface area (Å²) >= 11 is 2.11. The summed E-state index contributed by atoms with van der Waals surface area (Å²) in [4.78, 5) is 0. The number of thioether (sulfide) groups is 1. The first-order valence-corrected chi connectivity index (χ1v) is 9.09. The number of hydrogen-bond donors (Lipinski definition) is 1. The monoisotopic (exact) mass is 291 g/mol. The van der Waals surface area contributed by atoms with Crippen LogP contribution in [0.5, 0.6) is 5.75 Å². The highest BCUT2D eigenvalue weighted by Crippen LogP contribution is 2.33. The van der Waals surface area contributed by atoms with Crippen LogP contribution in [0.4, 0.5) is 0 Å². The van der Waals surface area contributed by atoms with Crippen LogP contribution in [0.25, 0.3) is 0 Å². The van der Waals surface area contributed by atoms with E-state index in [0.29, 0.717) is 6.04 Å². The molecule has 20 heavy (non-hydrogen) atoms. The van der Waals surface area contributed by atoms with E-state index in [1.54, 1.807) is 0 Å². The molecular weight excluding hydrogens is 266 g/mol. The minimum absolute atomic E-state index is 0.513. The highest BCUT2D eigenvalue weighted by Gasteiger charge is 2.21. The standard InChI is InChI=1S/C17H25NOS/c1-2-18-16(11-13-6-9-20-10-7-13)14-3-4-17-15(12-14)5-8-19-17/h3-4,12-13,16,18H,2,5-11H2,1H3. The molecule has 1 N–H and O–H groups in total. The number of nitrogens with one attached hydrogen (secondary N) is 1. The van der Waals surface area contributed by atoms with E-state index in [9.17, 15) is 0 Å². The molecule has 3 heteroatoms. The molecule has 1 aromatic carbocycles. The van der Waals surface area contributed by atoms with Gasteiger partial charge in [-0.1, -0.05) is 19.1 Å². The Bertz CT molecular complexity index is 443. The lowest BCUT2D eigenvalue weighted by Gasteiger charge is -2.27. The molecule has 110 valence electrons. The van der Waals surface area contributed by atoms with Crippen LogP contribution in [0.3, 0.4) is 0 Å². The van der Waals surface area contributed by atoms with E-state index in [2.05, 4.69) is 42.2 Å². The molecule has 0 amide bonds. The van der Waals surface area contributed by atoms with E-state index < -0.39 is 0 Å². The van der Waals surface area contributed by atoms with Gasteiger partial charge in [0.25, 0.3) is 0 Å². The Labute approximate surface area is 126 Å². The molecule has 1 aromatic rings. The van der Waals surface area contributed by atoms with E-state index in [1.807, 2.05) is 0 Å². The minimum Gasteiger partial charge on any atom is -0.493 e. The van der Waals surface area contributed by atoms with Gasteiger partial charge in [0, 0.05) is 12.5 Å². The molecular formula is C17H25NOS. The predicted octanol–water partition coefficient (Wildman–Crippen LogP) is 3.81. The first-order valence-electron chi connectivity index (χ1n) is 7.93. The van der Waals surface area contributed by atoms with Crippen molar-refractivity contribution in [1.82, 2.24) is 5.32 Å². The molecule has 1 fully saturated rings. The third-order valence-corrected chi connectivity index (χ3v) is 5.53. The Kier molecular flexibility index (Phi) is 4.90. The van der Waals surface area contributed by atoms with Crippen molar-refractivity contribution in [2.45, 2.75) is 38.6 Å². The van der Waals surface area contributed by atoms with E-state index in [-0.39, 0.29) is 0 Å². The van der Waals surface area contributed by atoms with E-state index >= 15 is 0 Å². The fraction of sp³-hybridized carbons (Fsp3) is 0.647. The van der Waals surface area contributed by atoms with Crippen molar-refractivity contribution in [2.24, 2.45) is 5.92 Å². The van der Waals surface area contributed by atoms with Gasteiger partial charge in [0.1, 0.15) is 5.75 Å². The highest BCUT2D eigenvalue weighted by atomic mass is 32.2. The molecule has 1 unspecified atom stereocenters. The summed E-state index contributed by atoms with van der Waals surface area (Å²) in [5.74, 6) is 4.69. The van der Waals surface area contributed by atoms with E-state index in [1.165, 1.54) is 41.9 Å². The number of fused-ring (bicyclic) bond motifs is 1. The van der Waals surface area contributed by atoms with Crippen LogP contribution in [0, 0.1) is 5.92 Å². The van der Waals surface area contributed by atoms with Gasteiger partial charge in [0.2, 0.25) is 0 Å². The third-order valence-electron chi connectivity index (χ3n) is 4.48.